The summed E-state index contributed by atoms with van der Waals surface area (Å²) in [7, 11) is 0. The van der Waals surface area contributed by atoms with Gasteiger partial charge in [0.2, 0.25) is 0 Å². The van der Waals surface area contributed by atoms with Crippen LogP contribution in [-0.4, -0.2) is 20.7 Å². The lowest BCUT2D eigenvalue weighted by molar-refractivity contribution is 0.0991. The molecule has 0 N–H and O–H groups in total. The first kappa shape index (κ1) is 11.9. The molecule has 0 aromatic carbocycles. The van der Waals surface area contributed by atoms with E-state index in [1.54, 1.807) is 18.5 Å². The van der Waals surface area contributed by atoms with Gasteiger partial charge in [0.1, 0.15) is 0 Å². The molecule has 0 saturated carbocycles. The number of hydrogen-bond donors (Lipinski definition) is 0. The molecule has 0 spiro atoms. The Morgan fingerprint density at radius 1 is 1.29 bits per heavy atom. The summed E-state index contributed by atoms with van der Waals surface area (Å²) in [6.07, 6.45) is 4.61. The maximum absolute atomic E-state index is 11.8. The molecule has 0 atom stereocenters. The lowest BCUT2D eigenvalue weighted by Gasteiger charge is -1.93. The summed E-state index contributed by atoms with van der Waals surface area (Å²) < 4.78 is 0. The smallest absolute Gasteiger partial charge is 0.188 e. The van der Waals surface area contributed by atoms with E-state index >= 15 is 0 Å². The Bertz CT molecular complexity index is 522. The van der Waals surface area contributed by atoms with Crippen LogP contribution in [0.1, 0.15) is 35.6 Å². The molecule has 2 aromatic rings. The van der Waals surface area contributed by atoms with E-state index in [9.17, 15) is 4.79 Å². The molecule has 0 fully saturated rings. The van der Waals surface area contributed by atoms with Crippen LogP contribution in [0.4, 0.5) is 0 Å². The summed E-state index contributed by atoms with van der Waals surface area (Å²) in [5.74, 6) is 0.726. The van der Waals surface area contributed by atoms with Crippen LogP contribution < -0.4 is 0 Å². The van der Waals surface area contributed by atoms with Crippen molar-refractivity contribution in [3.63, 3.8) is 0 Å². The van der Waals surface area contributed by atoms with Crippen molar-refractivity contribution in [3.05, 3.63) is 29.0 Å². The minimum atomic E-state index is 0.140. The van der Waals surface area contributed by atoms with Crippen LogP contribution in [0.3, 0.4) is 0 Å². The number of nitrogens with zero attached hydrogens (tertiary/aromatic N) is 3. The molecule has 0 bridgehead atoms. The van der Waals surface area contributed by atoms with Gasteiger partial charge in [-0.3, -0.25) is 4.79 Å². The first-order chi connectivity index (χ1) is 8.26. The zero-order chi connectivity index (χ0) is 12.3. The zero-order valence-corrected chi connectivity index (χ0v) is 10.6. The SMILES string of the molecule is CCC(=O)c1sc(-c2ncccn2)nc1CC. The van der Waals surface area contributed by atoms with Crippen molar-refractivity contribution in [2.24, 2.45) is 0 Å². The Kier molecular flexibility index (Phi) is 3.58. The number of aryl methyl sites for hydroxylation is 1. The maximum Gasteiger partial charge on any atom is 0.188 e. The largest absolute Gasteiger partial charge is 0.293 e. The Hall–Kier alpha value is -1.62. The highest BCUT2D eigenvalue weighted by atomic mass is 32.1. The van der Waals surface area contributed by atoms with Crippen molar-refractivity contribution in [3.8, 4) is 10.8 Å². The van der Waals surface area contributed by atoms with Crippen LogP contribution in [-0.2, 0) is 6.42 Å². The van der Waals surface area contributed by atoms with Crippen LogP contribution in [0, 0.1) is 0 Å². The topological polar surface area (TPSA) is 55.7 Å². The van der Waals surface area contributed by atoms with Gasteiger partial charge in [-0.25, -0.2) is 15.0 Å². The number of carbonyl (C=O) groups is 1. The molecule has 0 aliphatic carbocycles. The predicted molar refractivity (Wildman–Crippen MR) is 67.1 cm³/mol. The van der Waals surface area contributed by atoms with Crippen LogP contribution >= 0.6 is 11.3 Å². The maximum atomic E-state index is 11.8. The molecule has 2 aromatic heterocycles. The van der Waals surface area contributed by atoms with E-state index in [1.165, 1.54) is 11.3 Å². The number of thiazole rings is 1. The molecule has 5 heteroatoms. The molecule has 0 saturated heterocycles. The zero-order valence-electron chi connectivity index (χ0n) is 9.80. The molecule has 2 rings (SSSR count). The van der Waals surface area contributed by atoms with E-state index in [0.717, 1.165) is 22.0 Å². The molecule has 17 heavy (non-hydrogen) atoms. The number of ketones is 1. The highest BCUT2D eigenvalue weighted by molar-refractivity contribution is 7.17. The fourth-order valence-corrected chi connectivity index (χ4v) is 2.59. The van der Waals surface area contributed by atoms with E-state index in [4.69, 9.17) is 0 Å². The Morgan fingerprint density at radius 3 is 2.59 bits per heavy atom. The number of hydrogen-bond acceptors (Lipinski definition) is 5. The van der Waals surface area contributed by atoms with Gasteiger partial charge in [-0.1, -0.05) is 13.8 Å². The quantitative estimate of drug-likeness (QED) is 0.779. The molecular weight excluding hydrogens is 234 g/mol. The number of aromatic nitrogens is 3. The average Bonchev–Trinajstić information content (AvgIpc) is 2.83. The van der Waals surface area contributed by atoms with E-state index in [2.05, 4.69) is 15.0 Å². The molecule has 0 aliphatic rings. The third kappa shape index (κ3) is 2.39. The fourth-order valence-electron chi connectivity index (χ4n) is 1.47. The van der Waals surface area contributed by atoms with Gasteiger partial charge in [0, 0.05) is 18.8 Å². The van der Waals surface area contributed by atoms with Gasteiger partial charge in [-0.05, 0) is 12.5 Å². The predicted octanol–water partition coefficient (Wildman–Crippen LogP) is 2.76. The van der Waals surface area contributed by atoms with Crippen LogP contribution in [0.5, 0.6) is 0 Å². The first-order valence-corrected chi connectivity index (χ1v) is 6.38. The number of rotatable bonds is 4. The van der Waals surface area contributed by atoms with Crippen molar-refractivity contribution in [2.45, 2.75) is 26.7 Å². The second kappa shape index (κ2) is 5.14. The van der Waals surface area contributed by atoms with E-state index in [1.807, 2.05) is 13.8 Å². The highest BCUT2D eigenvalue weighted by Gasteiger charge is 2.17. The molecule has 88 valence electrons. The van der Waals surface area contributed by atoms with Gasteiger partial charge < -0.3 is 0 Å². The molecule has 2 heterocycles. The van der Waals surface area contributed by atoms with Gasteiger partial charge >= 0.3 is 0 Å². The average molecular weight is 247 g/mol. The summed E-state index contributed by atoms with van der Waals surface area (Å²) in [5, 5.41) is 0.722. The second-order valence-corrected chi connectivity index (χ2v) is 4.50. The standard InChI is InChI=1S/C12H13N3OS/c1-3-8-10(9(16)4-2)17-12(15-8)11-13-6-5-7-14-11/h5-7H,3-4H2,1-2H3. The summed E-state index contributed by atoms with van der Waals surface area (Å²) in [6.45, 7) is 3.86. The van der Waals surface area contributed by atoms with Gasteiger partial charge in [0.25, 0.3) is 0 Å². The molecule has 0 amide bonds. The fraction of sp³-hybridized carbons (Fsp3) is 0.333. The second-order valence-electron chi connectivity index (χ2n) is 3.50. The van der Waals surface area contributed by atoms with Crippen molar-refractivity contribution in [2.75, 3.05) is 0 Å². The van der Waals surface area contributed by atoms with Crippen LogP contribution in [0.25, 0.3) is 10.8 Å². The van der Waals surface area contributed by atoms with Gasteiger partial charge in [-0.15, -0.1) is 11.3 Å². The molecular formula is C12H13N3OS. The van der Waals surface area contributed by atoms with Gasteiger partial charge in [0.05, 0.1) is 10.6 Å². The van der Waals surface area contributed by atoms with E-state index in [-0.39, 0.29) is 5.78 Å². The van der Waals surface area contributed by atoms with Gasteiger partial charge in [0.15, 0.2) is 16.6 Å². The van der Waals surface area contributed by atoms with Crippen LogP contribution in [0.15, 0.2) is 18.5 Å². The Morgan fingerprint density at radius 2 is 2.00 bits per heavy atom. The molecule has 4 nitrogen and oxygen atoms in total. The monoisotopic (exact) mass is 247 g/mol. The van der Waals surface area contributed by atoms with Crippen LogP contribution in [0.2, 0.25) is 0 Å². The van der Waals surface area contributed by atoms with Crippen molar-refractivity contribution >= 4 is 17.1 Å². The number of Topliss-reactive ketones (excluding diaryl/α,β-unsaturated/α-hetero) is 1. The first-order valence-electron chi connectivity index (χ1n) is 5.56. The highest BCUT2D eigenvalue weighted by Crippen LogP contribution is 2.26. The van der Waals surface area contributed by atoms with E-state index < -0.39 is 0 Å². The minimum Gasteiger partial charge on any atom is -0.293 e. The Labute approximate surface area is 104 Å². The Balaban J connectivity index is 2.45. The van der Waals surface area contributed by atoms with Crippen molar-refractivity contribution in [1.29, 1.82) is 0 Å². The molecule has 0 unspecified atom stereocenters. The van der Waals surface area contributed by atoms with Gasteiger partial charge in [-0.2, -0.15) is 0 Å². The van der Waals surface area contributed by atoms with Crippen molar-refractivity contribution in [1.82, 2.24) is 15.0 Å². The summed E-state index contributed by atoms with van der Waals surface area (Å²) >= 11 is 1.38. The molecule has 0 aliphatic heterocycles. The van der Waals surface area contributed by atoms with Crippen molar-refractivity contribution < 1.29 is 4.79 Å². The number of carbonyl (C=O) groups excluding carboxylic acids is 1. The van der Waals surface area contributed by atoms with E-state index in [0.29, 0.717) is 12.2 Å². The third-order valence-electron chi connectivity index (χ3n) is 2.36. The lowest BCUT2D eigenvalue weighted by atomic mass is 10.2. The summed E-state index contributed by atoms with van der Waals surface area (Å²) in [4.78, 5) is 25.3. The minimum absolute atomic E-state index is 0.140. The summed E-state index contributed by atoms with van der Waals surface area (Å²) in [5.41, 5.74) is 0.851. The lowest BCUT2D eigenvalue weighted by Crippen LogP contribution is -1.97. The molecule has 0 radical (unpaired) electrons. The normalized spacial score (nSPS) is 10.5. The summed E-state index contributed by atoms with van der Waals surface area (Å²) in [6, 6.07) is 1.76. The third-order valence-corrected chi connectivity index (χ3v) is 3.50.